The van der Waals surface area contributed by atoms with E-state index in [-0.39, 0.29) is 41.5 Å². The van der Waals surface area contributed by atoms with Gasteiger partial charge in [0.15, 0.2) is 15.8 Å². The predicted octanol–water partition coefficient (Wildman–Crippen LogP) is 2.17. The molecule has 1 aromatic heterocycles. The van der Waals surface area contributed by atoms with Gasteiger partial charge in [0.2, 0.25) is 0 Å². The van der Waals surface area contributed by atoms with Crippen LogP contribution >= 0.6 is 35.3 Å². The zero-order valence-electron chi connectivity index (χ0n) is 13.0. The molecular weight excluding hydrogens is 433 g/mol. The number of nitrogens with zero attached hydrogens (tertiary/aromatic N) is 1. The standard InChI is InChI=1S/C14H23N3O2S2.HI/c1-3-12-5-6-13(20-12)9-16-14(15-4-2)17-11-7-8-21(18,19)10-11;/h5-6,11H,3-4,7-10H2,1-2H3,(H2,15,16,17);1H. The van der Waals surface area contributed by atoms with Crippen LogP contribution < -0.4 is 10.6 Å². The SMILES string of the molecule is CCNC(=NCc1ccc(CC)s1)NC1CCS(=O)(=O)C1.I. The molecule has 1 aliphatic heterocycles. The fourth-order valence-electron chi connectivity index (χ4n) is 2.28. The zero-order chi connectivity index (χ0) is 15.3. The van der Waals surface area contributed by atoms with E-state index >= 15 is 0 Å². The molecule has 1 atom stereocenters. The van der Waals surface area contributed by atoms with Gasteiger partial charge in [-0.2, -0.15) is 0 Å². The first-order valence-corrected chi connectivity index (χ1v) is 9.99. The van der Waals surface area contributed by atoms with E-state index in [1.54, 1.807) is 11.3 Å². The van der Waals surface area contributed by atoms with Crippen molar-refractivity contribution in [1.29, 1.82) is 0 Å². The average Bonchev–Trinajstić information content (AvgIpc) is 3.02. The number of aryl methyl sites for hydroxylation is 1. The molecule has 2 heterocycles. The minimum atomic E-state index is -2.87. The quantitative estimate of drug-likeness (QED) is 0.404. The lowest BCUT2D eigenvalue weighted by Crippen LogP contribution is -2.44. The molecule has 2 N–H and O–H groups in total. The summed E-state index contributed by atoms with van der Waals surface area (Å²) in [6, 6.07) is 4.22. The molecule has 2 rings (SSSR count). The summed E-state index contributed by atoms with van der Waals surface area (Å²) in [5, 5.41) is 6.40. The number of hydrogen-bond acceptors (Lipinski definition) is 4. The highest BCUT2D eigenvalue weighted by Gasteiger charge is 2.28. The Morgan fingerprint density at radius 1 is 1.36 bits per heavy atom. The third kappa shape index (κ3) is 6.04. The largest absolute Gasteiger partial charge is 0.357 e. The van der Waals surface area contributed by atoms with E-state index in [2.05, 4.69) is 34.7 Å². The maximum atomic E-state index is 11.5. The van der Waals surface area contributed by atoms with Gasteiger partial charge in [-0.1, -0.05) is 6.92 Å². The van der Waals surface area contributed by atoms with Crippen molar-refractivity contribution in [2.75, 3.05) is 18.1 Å². The Morgan fingerprint density at radius 2 is 2.09 bits per heavy atom. The molecule has 8 heteroatoms. The van der Waals surface area contributed by atoms with E-state index in [1.807, 2.05) is 6.92 Å². The van der Waals surface area contributed by atoms with Crippen LogP contribution in [0.1, 0.15) is 30.0 Å². The van der Waals surface area contributed by atoms with Crippen molar-refractivity contribution in [1.82, 2.24) is 10.6 Å². The van der Waals surface area contributed by atoms with Gasteiger partial charge in [-0.05, 0) is 31.9 Å². The second kappa shape index (κ2) is 9.07. The molecule has 0 aliphatic carbocycles. The number of hydrogen-bond donors (Lipinski definition) is 2. The smallest absolute Gasteiger partial charge is 0.191 e. The molecule has 0 spiro atoms. The van der Waals surface area contributed by atoms with Gasteiger partial charge in [-0.3, -0.25) is 0 Å². The number of thiophene rings is 1. The molecule has 126 valence electrons. The maximum Gasteiger partial charge on any atom is 0.191 e. The van der Waals surface area contributed by atoms with Crippen LogP contribution in [-0.4, -0.2) is 38.5 Å². The molecule has 1 aliphatic rings. The van der Waals surface area contributed by atoms with Crippen LogP contribution in [0.25, 0.3) is 0 Å². The minimum absolute atomic E-state index is 0. The Kier molecular flexibility index (Phi) is 8.12. The van der Waals surface area contributed by atoms with Crippen molar-refractivity contribution < 1.29 is 8.42 Å². The topological polar surface area (TPSA) is 70.6 Å². The summed E-state index contributed by atoms with van der Waals surface area (Å²) in [6.45, 7) is 5.53. The summed E-state index contributed by atoms with van der Waals surface area (Å²) in [6.07, 6.45) is 1.71. The number of rotatable bonds is 5. The Hall–Kier alpha value is -0.350. The summed E-state index contributed by atoms with van der Waals surface area (Å²) >= 11 is 1.78. The van der Waals surface area contributed by atoms with Gasteiger partial charge in [0.1, 0.15) is 0 Å². The van der Waals surface area contributed by atoms with Gasteiger partial charge >= 0.3 is 0 Å². The van der Waals surface area contributed by atoms with Crippen LogP contribution in [0.15, 0.2) is 17.1 Å². The van der Waals surface area contributed by atoms with E-state index in [0.717, 1.165) is 13.0 Å². The fraction of sp³-hybridized carbons (Fsp3) is 0.643. The van der Waals surface area contributed by atoms with Gasteiger partial charge in [-0.15, -0.1) is 35.3 Å². The Labute approximate surface area is 153 Å². The van der Waals surface area contributed by atoms with Crippen LogP contribution in [0.3, 0.4) is 0 Å². The van der Waals surface area contributed by atoms with Crippen LogP contribution in [0.2, 0.25) is 0 Å². The minimum Gasteiger partial charge on any atom is -0.357 e. The Morgan fingerprint density at radius 3 is 2.64 bits per heavy atom. The molecule has 1 unspecified atom stereocenters. The van der Waals surface area contributed by atoms with Crippen molar-refractivity contribution in [3.8, 4) is 0 Å². The lowest BCUT2D eigenvalue weighted by atomic mass is 10.3. The zero-order valence-corrected chi connectivity index (χ0v) is 16.9. The van der Waals surface area contributed by atoms with E-state index in [4.69, 9.17) is 0 Å². The number of halogens is 1. The molecular formula is C14H24IN3O2S2. The molecule has 0 radical (unpaired) electrons. The Balaban J connectivity index is 0.00000242. The van der Waals surface area contributed by atoms with Crippen molar-refractivity contribution in [2.24, 2.45) is 4.99 Å². The van der Waals surface area contributed by atoms with Crippen LogP contribution in [0.5, 0.6) is 0 Å². The lowest BCUT2D eigenvalue weighted by Gasteiger charge is -2.15. The summed E-state index contributed by atoms with van der Waals surface area (Å²) < 4.78 is 23.0. The van der Waals surface area contributed by atoms with E-state index in [1.165, 1.54) is 9.75 Å². The van der Waals surface area contributed by atoms with Gasteiger partial charge in [0, 0.05) is 22.3 Å². The highest BCUT2D eigenvalue weighted by molar-refractivity contribution is 14.0. The van der Waals surface area contributed by atoms with Gasteiger partial charge in [0.05, 0.1) is 18.1 Å². The van der Waals surface area contributed by atoms with Gasteiger partial charge in [0.25, 0.3) is 0 Å². The number of guanidine groups is 1. The van der Waals surface area contributed by atoms with Crippen molar-refractivity contribution >= 4 is 51.1 Å². The van der Waals surface area contributed by atoms with Gasteiger partial charge < -0.3 is 10.6 Å². The van der Waals surface area contributed by atoms with Crippen LogP contribution in [-0.2, 0) is 22.8 Å². The first-order valence-electron chi connectivity index (χ1n) is 7.35. The number of nitrogens with one attached hydrogen (secondary N) is 2. The van der Waals surface area contributed by atoms with Crippen LogP contribution in [0.4, 0.5) is 0 Å². The van der Waals surface area contributed by atoms with Crippen molar-refractivity contribution in [3.63, 3.8) is 0 Å². The van der Waals surface area contributed by atoms with Crippen molar-refractivity contribution in [3.05, 3.63) is 21.9 Å². The van der Waals surface area contributed by atoms with Gasteiger partial charge in [-0.25, -0.2) is 13.4 Å². The third-order valence-corrected chi connectivity index (χ3v) is 6.36. The number of sulfone groups is 1. The first-order chi connectivity index (χ1) is 10.0. The number of aliphatic imine (C=N–C) groups is 1. The molecule has 1 fully saturated rings. The molecule has 1 aromatic rings. The van der Waals surface area contributed by atoms with Crippen LogP contribution in [0, 0.1) is 0 Å². The van der Waals surface area contributed by atoms with E-state index in [0.29, 0.717) is 18.9 Å². The normalized spacial score (nSPS) is 20.5. The summed E-state index contributed by atoms with van der Waals surface area (Å²) in [4.78, 5) is 7.14. The maximum absolute atomic E-state index is 11.5. The van der Waals surface area contributed by atoms with E-state index in [9.17, 15) is 8.42 Å². The third-order valence-electron chi connectivity index (χ3n) is 3.38. The molecule has 0 bridgehead atoms. The molecule has 0 amide bonds. The monoisotopic (exact) mass is 457 g/mol. The highest BCUT2D eigenvalue weighted by atomic mass is 127. The fourth-order valence-corrected chi connectivity index (χ4v) is 4.83. The molecule has 1 saturated heterocycles. The lowest BCUT2D eigenvalue weighted by molar-refractivity contribution is 0.599. The highest BCUT2D eigenvalue weighted by Crippen LogP contribution is 2.17. The van der Waals surface area contributed by atoms with Crippen molar-refractivity contribution in [2.45, 2.75) is 39.3 Å². The first kappa shape index (κ1) is 19.7. The summed E-state index contributed by atoms with van der Waals surface area (Å²) in [5.74, 6) is 1.18. The Bertz CT molecular complexity index is 599. The molecule has 0 saturated carbocycles. The predicted molar refractivity (Wildman–Crippen MR) is 104 cm³/mol. The average molecular weight is 457 g/mol. The molecule has 5 nitrogen and oxygen atoms in total. The molecule has 22 heavy (non-hydrogen) atoms. The molecule has 0 aromatic carbocycles. The second-order valence-electron chi connectivity index (χ2n) is 5.16. The summed E-state index contributed by atoms with van der Waals surface area (Å²) in [5.41, 5.74) is 0. The van der Waals surface area contributed by atoms with E-state index < -0.39 is 9.84 Å². The second-order valence-corrected chi connectivity index (χ2v) is 8.64. The summed E-state index contributed by atoms with van der Waals surface area (Å²) in [7, 11) is -2.87.